The molecule has 2 aliphatic carbocycles. The van der Waals surface area contributed by atoms with Crippen molar-refractivity contribution < 1.29 is 13.9 Å². The maximum absolute atomic E-state index is 11.8. The molecular weight excluding hydrogens is 192 g/mol. The fourth-order valence-electron chi connectivity index (χ4n) is 2.55. The largest absolute Gasteiger partial charge is 0.434 e. The molecule has 0 aliphatic heterocycles. The molecule has 2 bridgehead atoms. The summed E-state index contributed by atoms with van der Waals surface area (Å²) in [4.78, 5) is 11.8. The minimum atomic E-state index is -0.151. The van der Waals surface area contributed by atoms with Crippen LogP contribution in [0.25, 0.3) is 0 Å². The van der Waals surface area contributed by atoms with E-state index in [0.717, 1.165) is 12.8 Å². The maximum atomic E-state index is 11.8. The maximum Gasteiger partial charge on any atom is 0.317 e. The normalized spacial score (nSPS) is 32.1. The number of carbonyl (C=O) groups excluding carboxylic acids is 1. The molecule has 0 radical (unpaired) electrons. The lowest BCUT2D eigenvalue weighted by Crippen LogP contribution is -2.23. The molecule has 1 aromatic rings. The van der Waals surface area contributed by atoms with Crippen molar-refractivity contribution in [3.8, 4) is 5.95 Å². The lowest BCUT2D eigenvalue weighted by atomic mass is 9.94. The zero-order chi connectivity index (χ0) is 10.3. The quantitative estimate of drug-likeness (QED) is 0.548. The summed E-state index contributed by atoms with van der Waals surface area (Å²) in [6, 6.07) is 3.37. The molecule has 2 aliphatic rings. The summed E-state index contributed by atoms with van der Waals surface area (Å²) in [5.41, 5.74) is 0. The van der Waals surface area contributed by atoms with Crippen LogP contribution >= 0.6 is 0 Å². The van der Waals surface area contributed by atoms with E-state index in [1.54, 1.807) is 12.1 Å². The Bertz CT molecular complexity index is 391. The van der Waals surface area contributed by atoms with Crippen molar-refractivity contribution in [2.24, 2.45) is 17.8 Å². The number of fused-ring (bicyclic) bond motifs is 2. The minimum absolute atomic E-state index is 0.0325. The van der Waals surface area contributed by atoms with Gasteiger partial charge >= 0.3 is 5.97 Å². The Morgan fingerprint density at radius 1 is 1.40 bits per heavy atom. The second-order valence-corrected chi connectivity index (χ2v) is 4.24. The van der Waals surface area contributed by atoms with Gasteiger partial charge in [0, 0.05) is 6.07 Å². The van der Waals surface area contributed by atoms with Crippen molar-refractivity contribution in [2.75, 3.05) is 0 Å². The highest BCUT2D eigenvalue weighted by Gasteiger charge is 2.41. The fourth-order valence-corrected chi connectivity index (χ4v) is 2.55. The van der Waals surface area contributed by atoms with E-state index < -0.39 is 0 Å². The van der Waals surface area contributed by atoms with Crippen LogP contribution in [0.4, 0.5) is 0 Å². The van der Waals surface area contributed by atoms with Crippen molar-refractivity contribution >= 4 is 5.97 Å². The van der Waals surface area contributed by atoms with Crippen LogP contribution in [0.2, 0.25) is 0 Å². The second-order valence-electron chi connectivity index (χ2n) is 4.24. The van der Waals surface area contributed by atoms with E-state index >= 15 is 0 Å². The highest BCUT2D eigenvalue weighted by Crippen LogP contribution is 2.43. The number of carbonyl (C=O) groups is 1. The topological polar surface area (TPSA) is 39.4 Å². The lowest BCUT2D eigenvalue weighted by Gasteiger charge is -2.14. The standard InChI is InChI=1S/C12H12O3/c13-12(15-11-2-1-5-14-11)10-7-8-3-4-9(10)6-8/h1-5,8-10H,6-7H2/t8-,9-,10-/m1/s1. The number of allylic oxidation sites excluding steroid dienone is 2. The van der Waals surface area contributed by atoms with Crippen LogP contribution < -0.4 is 4.74 Å². The Hall–Kier alpha value is -1.51. The number of hydrogen-bond donors (Lipinski definition) is 0. The van der Waals surface area contributed by atoms with E-state index in [9.17, 15) is 4.79 Å². The first-order valence-corrected chi connectivity index (χ1v) is 5.26. The van der Waals surface area contributed by atoms with Crippen LogP contribution in [0.15, 0.2) is 35.0 Å². The second kappa shape index (κ2) is 3.26. The summed E-state index contributed by atoms with van der Waals surface area (Å²) in [7, 11) is 0. The van der Waals surface area contributed by atoms with Crippen molar-refractivity contribution in [3.05, 3.63) is 30.5 Å². The molecule has 3 atom stereocenters. The van der Waals surface area contributed by atoms with Gasteiger partial charge in [0.05, 0.1) is 12.2 Å². The molecule has 1 heterocycles. The van der Waals surface area contributed by atoms with Gasteiger partial charge in [-0.1, -0.05) is 12.2 Å². The van der Waals surface area contributed by atoms with Gasteiger partial charge < -0.3 is 9.15 Å². The molecular formula is C12H12O3. The molecule has 0 N–H and O–H groups in total. The van der Waals surface area contributed by atoms with Gasteiger partial charge in [-0.3, -0.25) is 4.79 Å². The number of ether oxygens (including phenoxy) is 1. The molecule has 3 heteroatoms. The third-order valence-corrected chi connectivity index (χ3v) is 3.28. The van der Waals surface area contributed by atoms with Gasteiger partial charge in [0.1, 0.15) is 0 Å². The Morgan fingerprint density at radius 2 is 2.33 bits per heavy atom. The predicted octanol–water partition coefficient (Wildman–Crippen LogP) is 2.40. The molecule has 78 valence electrons. The predicted molar refractivity (Wildman–Crippen MR) is 53.2 cm³/mol. The first-order valence-electron chi connectivity index (χ1n) is 5.26. The van der Waals surface area contributed by atoms with E-state index in [2.05, 4.69) is 12.2 Å². The van der Waals surface area contributed by atoms with Crippen LogP contribution in [-0.4, -0.2) is 5.97 Å². The fraction of sp³-hybridized carbons (Fsp3) is 0.417. The van der Waals surface area contributed by atoms with E-state index in [4.69, 9.17) is 9.15 Å². The van der Waals surface area contributed by atoms with Crippen LogP contribution in [0.1, 0.15) is 12.8 Å². The van der Waals surface area contributed by atoms with Crippen LogP contribution in [0.3, 0.4) is 0 Å². The summed E-state index contributed by atoms with van der Waals surface area (Å²) in [5.74, 6) is 1.15. The Labute approximate surface area is 87.7 Å². The van der Waals surface area contributed by atoms with Crippen molar-refractivity contribution in [2.45, 2.75) is 12.8 Å². The van der Waals surface area contributed by atoms with Crippen molar-refractivity contribution in [1.82, 2.24) is 0 Å². The first-order chi connectivity index (χ1) is 7.33. The van der Waals surface area contributed by atoms with Crippen LogP contribution in [0, 0.1) is 17.8 Å². The van der Waals surface area contributed by atoms with Crippen molar-refractivity contribution in [3.63, 3.8) is 0 Å². The molecule has 1 saturated carbocycles. The molecule has 1 aromatic heterocycles. The molecule has 0 aromatic carbocycles. The van der Waals surface area contributed by atoms with Gasteiger partial charge in [0.25, 0.3) is 5.95 Å². The lowest BCUT2D eigenvalue weighted by molar-refractivity contribution is -0.141. The zero-order valence-corrected chi connectivity index (χ0v) is 8.26. The average molecular weight is 204 g/mol. The van der Waals surface area contributed by atoms with Gasteiger partial charge in [-0.25, -0.2) is 0 Å². The molecule has 0 amide bonds. The van der Waals surface area contributed by atoms with Crippen LogP contribution in [-0.2, 0) is 4.79 Å². The molecule has 0 saturated heterocycles. The SMILES string of the molecule is O=C(Oc1ccco1)[C@@H]1C[C@@H]2C=C[C@@H]1C2. The Balaban J connectivity index is 1.68. The minimum Gasteiger partial charge on any atom is -0.434 e. The molecule has 3 rings (SSSR count). The number of furan rings is 1. The van der Waals surface area contributed by atoms with Gasteiger partial charge in [-0.05, 0) is 30.7 Å². The highest BCUT2D eigenvalue weighted by molar-refractivity contribution is 5.76. The average Bonchev–Trinajstić information content (AvgIpc) is 2.93. The molecule has 0 unspecified atom stereocenters. The third kappa shape index (κ3) is 1.48. The van der Waals surface area contributed by atoms with Gasteiger partial charge in [0.2, 0.25) is 0 Å². The monoisotopic (exact) mass is 204 g/mol. The number of rotatable bonds is 2. The smallest absolute Gasteiger partial charge is 0.317 e. The highest BCUT2D eigenvalue weighted by atomic mass is 16.6. The molecule has 15 heavy (non-hydrogen) atoms. The van der Waals surface area contributed by atoms with E-state index in [0.29, 0.717) is 17.8 Å². The molecule has 1 fully saturated rings. The summed E-state index contributed by atoms with van der Waals surface area (Å²) < 4.78 is 10.1. The van der Waals surface area contributed by atoms with E-state index in [1.165, 1.54) is 6.26 Å². The zero-order valence-electron chi connectivity index (χ0n) is 8.26. The summed E-state index contributed by atoms with van der Waals surface area (Å²) >= 11 is 0. The molecule has 3 nitrogen and oxygen atoms in total. The summed E-state index contributed by atoms with van der Waals surface area (Å²) in [6.45, 7) is 0. The first kappa shape index (κ1) is 8.77. The van der Waals surface area contributed by atoms with Gasteiger partial charge in [-0.15, -0.1) is 0 Å². The van der Waals surface area contributed by atoms with Gasteiger partial charge in [0.15, 0.2) is 0 Å². The third-order valence-electron chi connectivity index (χ3n) is 3.28. The summed E-state index contributed by atoms with van der Waals surface area (Å²) in [5, 5.41) is 0. The van der Waals surface area contributed by atoms with Crippen molar-refractivity contribution in [1.29, 1.82) is 0 Å². The number of hydrogen-bond acceptors (Lipinski definition) is 3. The Kier molecular flexibility index (Phi) is 1.91. The summed E-state index contributed by atoms with van der Waals surface area (Å²) in [6.07, 6.45) is 7.89. The van der Waals surface area contributed by atoms with Gasteiger partial charge in [-0.2, -0.15) is 0 Å². The molecule has 0 spiro atoms. The van der Waals surface area contributed by atoms with E-state index in [-0.39, 0.29) is 11.9 Å². The number of esters is 1. The Morgan fingerprint density at radius 3 is 2.93 bits per heavy atom. The van der Waals surface area contributed by atoms with Crippen LogP contribution in [0.5, 0.6) is 5.95 Å². The van der Waals surface area contributed by atoms with E-state index in [1.807, 2.05) is 0 Å².